The monoisotopic (exact) mass is 208 g/mol. The third-order valence-electron chi connectivity index (χ3n) is 2.87. The first-order valence-electron chi connectivity index (χ1n) is 5.44. The zero-order valence-corrected chi connectivity index (χ0v) is 9.79. The minimum Gasteiger partial charge on any atom is -0.476 e. The van der Waals surface area contributed by atoms with E-state index in [1.165, 1.54) is 0 Å². The second kappa shape index (κ2) is 5.12. The van der Waals surface area contributed by atoms with Crippen LogP contribution in [-0.4, -0.2) is 17.1 Å². The Morgan fingerprint density at radius 1 is 1.40 bits per heavy atom. The Kier molecular flexibility index (Phi) is 4.09. The highest BCUT2D eigenvalue weighted by Gasteiger charge is 2.21. The molecular formula is C12H20N2O. The number of aromatic nitrogens is 1. The Balaban J connectivity index is 2.61. The van der Waals surface area contributed by atoms with Gasteiger partial charge in [-0.15, -0.1) is 0 Å². The van der Waals surface area contributed by atoms with E-state index in [0.717, 1.165) is 18.4 Å². The van der Waals surface area contributed by atoms with Gasteiger partial charge in [0.1, 0.15) is 6.61 Å². The van der Waals surface area contributed by atoms with Crippen molar-refractivity contribution in [1.29, 1.82) is 0 Å². The summed E-state index contributed by atoms with van der Waals surface area (Å²) >= 11 is 0. The van der Waals surface area contributed by atoms with Gasteiger partial charge in [-0.05, 0) is 25.8 Å². The van der Waals surface area contributed by atoms with Crippen molar-refractivity contribution in [3.05, 3.63) is 23.9 Å². The van der Waals surface area contributed by atoms with E-state index in [-0.39, 0.29) is 5.54 Å². The number of rotatable bonds is 5. The molecule has 0 bridgehead atoms. The zero-order chi connectivity index (χ0) is 11.3. The van der Waals surface area contributed by atoms with Gasteiger partial charge in [-0.2, -0.15) is 0 Å². The number of aryl methyl sites for hydroxylation is 1. The Morgan fingerprint density at radius 2 is 2.07 bits per heavy atom. The summed E-state index contributed by atoms with van der Waals surface area (Å²) in [6.45, 7) is 6.67. The van der Waals surface area contributed by atoms with Gasteiger partial charge in [0, 0.05) is 17.3 Å². The van der Waals surface area contributed by atoms with Gasteiger partial charge < -0.3 is 10.5 Å². The van der Waals surface area contributed by atoms with Crippen molar-refractivity contribution in [1.82, 2.24) is 4.98 Å². The molecule has 84 valence electrons. The maximum atomic E-state index is 6.14. The van der Waals surface area contributed by atoms with Gasteiger partial charge >= 0.3 is 0 Å². The fourth-order valence-corrected chi connectivity index (χ4v) is 1.29. The summed E-state index contributed by atoms with van der Waals surface area (Å²) in [5, 5.41) is 0. The predicted octanol–water partition coefficient (Wildman–Crippen LogP) is 2.29. The largest absolute Gasteiger partial charge is 0.476 e. The molecule has 0 aromatic carbocycles. The molecule has 0 aliphatic carbocycles. The Hall–Kier alpha value is -1.09. The third kappa shape index (κ3) is 3.20. The van der Waals surface area contributed by atoms with Crippen LogP contribution in [0.4, 0.5) is 0 Å². The number of hydrogen-bond donors (Lipinski definition) is 1. The van der Waals surface area contributed by atoms with Crippen LogP contribution in [0.3, 0.4) is 0 Å². The zero-order valence-electron chi connectivity index (χ0n) is 9.79. The summed E-state index contributed by atoms with van der Waals surface area (Å²) in [4.78, 5) is 4.17. The highest BCUT2D eigenvalue weighted by Crippen LogP contribution is 2.17. The van der Waals surface area contributed by atoms with E-state index in [9.17, 15) is 0 Å². The smallest absolute Gasteiger partial charge is 0.216 e. The molecule has 3 nitrogen and oxygen atoms in total. The second-order valence-electron chi connectivity index (χ2n) is 3.98. The van der Waals surface area contributed by atoms with E-state index in [2.05, 4.69) is 18.8 Å². The van der Waals surface area contributed by atoms with Gasteiger partial charge in [0.2, 0.25) is 5.88 Å². The first-order valence-corrected chi connectivity index (χ1v) is 5.44. The molecule has 15 heavy (non-hydrogen) atoms. The minimum absolute atomic E-state index is 0.232. The van der Waals surface area contributed by atoms with Crippen molar-refractivity contribution in [2.75, 3.05) is 6.61 Å². The van der Waals surface area contributed by atoms with E-state index >= 15 is 0 Å². The molecule has 0 aliphatic rings. The van der Waals surface area contributed by atoms with E-state index in [1.807, 2.05) is 19.1 Å². The van der Waals surface area contributed by atoms with E-state index in [4.69, 9.17) is 10.5 Å². The Bertz CT molecular complexity index is 308. The van der Waals surface area contributed by atoms with Crippen molar-refractivity contribution in [2.24, 2.45) is 5.73 Å². The molecular weight excluding hydrogens is 188 g/mol. The quantitative estimate of drug-likeness (QED) is 0.807. The first kappa shape index (κ1) is 12.0. The number of ether oxygens (including phenoxy) is 1. The van der Waals surface area contributed by atoms with E-state index in [1.54, 1.807) is 6.20 Å². The van der Waals surface area contributed by atoms with Gasteiger partial charge in [0.25, 0.3) is 0 Å². The van der Waals surface area contributed by atoms with E-state index < -0.39 is 0 Å². The summed E-state index contributed by atoms with van der Waals surface area (Å²) in [6.07, 6.45) is 3.56. The van der Waals surface area contributed by atoms with Gasteiger partial charge in [-0.3, -0.25) is 0 Å². The maximum Gasteiger partial charge on any atom is 0.216 e. The Morgan fingerprint density at radius 3 is 2.60 bits per heavy atom. The number of nitrogens with zero attached hydrogens (tertiary/aromatic N) is 1. The van der Waals surface area contributed by atoms with Crippen LogP contribution in [0.2, 0.25) is 0 Å². The molecule has 1 aromatic heterocycles. The van der Waals surface area contributed by atoms with Crippen molar-refractivity contribution in [3.8, 4) is 5.88 Å². The van der Waals surface area contributed by atoms with Crippen LogP contribution >= 0.6 is 0 Å². The lowest BCUT2D eigenvalue weighted by Gasteiger charge is -2.26. The molecule has 0 atom stereocenters. The van der Waals surface area contributed by atoms with Crippen LogP contribution in [0.5, 0.6) is 5.88 Å². The highest BCUT2D eigenvalue weighted by atomic mass is 16.5. The molecule has 1 aromatic rings. The molecule has 3 heteroatoms. The average Bonchev–Trinajstić information content (AvgIpc) is 2.28. The van der Waals surface area contributed by atoms with Gasteiger partial charge in [0.15, 0.2) is 0 Å². The van der Waals surface area contributed by atoms with Crippen LogP contribution in [0.25, 0.3) is 0 Å². The van der Waals surface area contributed by atoms with Gasteiger partial charge in [-0.25, -0.2) is 4.98 Å². The lowest BCUT2D eigenvalue weighted by Crippen LogP contribution is -2.44. The molecule has 0 fully saturated rings. The van der Waals surface area contributed by atoms with Crippen molar-refractivity contribution in [2.45, 2.75) is 39.2 Å². The van der Waals surface area contributed by atoms with Crippen LogP contribution in [0.1, 0.15) is 32.3 Å². The molecule has 1 heterocycles. The lowest BCUT2D eigenvalue weighted by atomic mass is 9.96. The number of nitrogens with two attached hydrogens (primary N) is 1. The normalized spacial score (nSPS) is 11.5. The topological polar surface area (TPSA) is 48.1 Å². The fraction of sp³-hybridized carbons (Fsp3) is 0.583. The van der Waals surface area contributed by atoms with Crippen LogP contribution in [0, 0.1) is 6.92 Å². The summed E-state index contributed by atoms with van der Waals surface area (Å²) in [7, 11) is 0. The Labute approximate surface area is 91.7 Å². The summed E-state index contributed by atoms with van der Waals surface area (Å²) in [5.74, 6) is 0.689. The van der Waals surface area contributed by atoms with Gasteiger partial charge in [0.05, 0.1) is 0 Å². The average molecular weight is 208 g/mol. The predicted molar refractivity (Wildman–Crippen MR) is 62.0 cm³/mol. The number of pyridine rings is 1. The minimum atomic E-state index is -0.232. The summed E-state index contributed by atoms with van der Waals surface area (Å²) in [5.41, 5.74) is 6.96. The third-order valence-corrected chi connectivity index (χ3v) is 2.87. The van der Waals surface area contributed by atoms with Crippen molar-refractivity contribution in [3.63, 3.8) is 0 Å². The number of hydrogen-bond acceptors (Lipinski definition) is 3. The van der Waals surface area contributed by atoms with Crippen LogP contribution in [-0.2, 0) is 0 Å². The lowest BCUT2D eigenvalue weighted by molar-refractivity contribution is 0.199. The molecule has 0 radical (unpaired) electrons. The molecule has 0 saturated carbocycles. The molecule has 0 amide bonds. The van der Waals surface area contributed by atoms with Crippen LogP contribution in [0.15, 0.2) is 18.3 Å². The highest BCUT2D eigenvalue weighted by molar-refractivity contribution is 5.23. The van der Waals surface area contributed by atoms with E-state index in [0.29, 0.717) is 12.5 Å². The SMILES string of the molecule is CCC(N)(CC)COc1ncccc1C. The van der Waals surface area contributed by atoms with Crippen molar-refractivity contribution < 1.29 is 4.74 Å². The molecule has 0 spiro atoms. The molecule has 0 unspecified atom stereocenters. The molecule has 0 aliphatic heterocycles. The van der Waals surface area contributed by atoms with Crippen LogP contribution < -0.4 is 10.5 Å². The standard InChI is InChI=1S/C12H20N2O/c1-4-12(13,5-2)9-15-11-10(3)7-6-8-14-11/h6-8H,4-5,9,13H2,1-3H3. The van der Waals surface area contributed by atoms with Crippen molar-refractivity contribution >= 4 is 0 Å². The first-order chi connectivity index (χ1) is 7.11. The molecule has 0 saturated heterocycles. The fourth-order valence-electron chi connectivity index (χ4n) is 1.29. The second-order valence-corrected chi connectivity index (χ2v) is 3.98. The summed E-state index contributed by atoms with van der Waals surface area (Å²) < 4.78 is 5.65. The maximum absolute atomic E-state index is 6.14. The molecule has 2 N–H and O–H groups in total. The summed E-state index contributed by atoms with van der Waals surface area (Å²) in [6, 6.07) is 3.88. The van der Waals surface area contributed by atoms with Gasteiger partial charge in [-0.1, -0.05) is 19.9 Å². The molecule has 1 rings (SSSR count).